The highest BCUT2D eigenvalue weighted by Crippen LogP contribution is 2.34. The average molecular weight is 209 g/mol. The summed E-state index contributed by atoms with van der Waals surface area (Å²) in [6.07, 6.45) is 0.0458. The van der Waals surface area contributed by atoms with Crippen molar-refractivity contribution in [1.29, 1.82) is 0 Å². The van der Waals surface area contributed by atoms with Crippen LogP contribution >= 0.6 is 0 Å². The number of hydrogen-bond acceptors (Lipinski definition) is 4. The molecular weight excluding hydrogens is 194 g/mol. The molecule has 15 heavy (non-hydrogen) atoms. The number of benzene rings is 1. The smallest absolute Gasteiger partial charge is 0.231 e. The minimum Gasteiger partial charge on any atom is -0.454 e. The zero-order valence-electron chi connectivity index (χ0n) is 8.95. The highest BCUT2D eigenvalue weighted by atomic mass is 16.7. The Kier molecular flexibility index (Phi) is 3.08. The Morgan fingerprint density at radius 1 is 1.40 bits per heavy atom. The Bertz CT molecular complexity index is 341. The first-order valence-electron chi connectivity index (χ1n) is 4.92. The maximum atomic E-state index is 5.38. The van der Waals surface area contributed by atoms with Crippen molar-refractivity contribution in [2.75, 3.05) is 27.5 Å². The highest BCUT2D eigenvalue weighted by Gasteiger charge is 2.17. The molecule has 1 aromatic rings. The van der Waals surface area contributed by atoms with Crippen molar-refractivity contribution in [1.82, 2.24) is 5.32 Å². The van der Waals surface area contributed by atoms with E-state index in [9.17, 15) is 0 Å². The van der Waals surface area contributed by atoms with Gasteiger partial charge in [-0.05, 0) is 24.7 Å². The van der Waals surface area contributed by atoms with Crippen LogP contribution in [0.3, 0.4) is 0 Å². The summed E-state index contributed by atoms with van der Waals surface area (Å²) in [5.41, 5.74) is 1.09. The van der Waals surface area contributed by atoms with Crippen molar-refractivity contribution >= 4 is 0 Å². The van der Waals surface area contributed by atoms with Gasteiger partial charge in [0.05, 0.1) is 6.10 Å². The molecule has 4 nitrogen and oxygen atoms in total. The van der Waals surface area contributed by atoms with Gasteiger partial charge in [0.2, 0.25) is 6.79 Å². The summed E-state index contributed by atoms with van der Waals surface area (Å²) in [6.45, 7) is 1.08. The van der Waals surface area contributed by atoms with E-state index < -0.39 is 0 Å². The van der Waals surface area contributed by atoms with Crippen LogP contribution in [-0.2, 0) is 4.74 Å². The highest BCUT2D eigenvalue weighted by molar-refractivity contribution is 5.45. The molecule has 1 heterocycles. The molecule has 2 rings (SSSR count). The minimum absolute atomic E-state index is 0.0458. The van der Waals surface area contributed by atoms with Crippen LogP contribution in [0.4, 0.5) is 0 Å². The maximum Gasteiger partial charge on any atom is 0.231 e. The van der Waals surface area contributed by atoms with E-state index in [1.54, 1.807) is 7.11 Å². The Hall–Kier alpha value is -1.26. The third-order valence-electron chi connectivity index (χ3n) is 2.44. The summed E-state index contributed by atoms with van der Waals surface area (Å²) < 4.78 is 15.9. The summed E-state index contributed by atoms with van der Waals surface area (Å²) in [4.78, 5) is 0. The molecule has 1 N–H and O–H groups in total. The molecule has 0 saturated heterocycles. The predicted molar refractivity (Wildman–Crippen MR) is 56.2 cm³/mol. The van der Waals surface area contributed by atoms with Crippen molar-refractivity contribution in [3.8, 4) is 11.5 Å². The van der Waals surface area contributed by atoms with Crippen LogP contribution in [0.15, 0.2) is 18.2 Å². The quantitative estimate of drug-likeness (QED) is 0.812. The van der Waals surface area contributed by atoms with Gasteiger partial charge in [0.1, 0.15) is 0 Å². The van der Waals surface area contributed by atoms with Crippen LogP contribution in [-0.4, -0.2) is 27.5 Å². The third-order valence-corrected chi connectivity index (χ3v) is 2.44. The van der Waals surface area contributed by atoms with Gasteiger partial charge < -0.3 is 19.5 Å². The molecular formula is C11H15NO3. The molecule has 0 bridgehead atoms. The molecule has 1 aliphatic heterocycles. The molecule has 0 saturated carbocycles. The van der Waals surface area contributed by atoms with Gasteiger partial charge in [-0.2, -0.15) is 0 Å². The van der Waals surface area contributed by atoms with E-state index in [4.69, 9.17) is 14.2 Å². The Balaban J connectivity index is 2.20. The minimum atomic E-state index is 0.0458. The molecule has 1 unspecified atom stereocenters. The monoisotopic (exact) mass is 209 g/mol. The third kappa shape index (κ3) is 2.06. The number of methoxy groups -OCH3 is 1. The number of likely N-dealkylation sites (N-methyl/N-ethyl adjacent to an activating group) is 1. The van der Waals surface area contributed by atoms with E-state index in [-0.39, 0.29) is 6.10 Å². The van der Waals surface area contributed by atoms with E-state index in [0.29, 0.717) is 6.79 Å². The van der Waals surface area contributed by atoms with Gasteiger partial charge in [0.25, 0.3) is 0 Å². The van der Waals surface area contributed by atoms with E-state index in [1.807, 2.05) is 25.2 Å². The van der Waals surface area contributed by atoms with Crippen LogP contribution in [0.2, 0.25) is 0 Å². The fraction of sp³-hybridized carbons (Fsp3) is 0.455. The van der Waals surface area contributed by atoms with Gasteiger partial charge in [0, 0.05) is 13.7 Å². The fourth-order valence-corrected chi connectivity index (χ4v) is 1.64. The SMILES string of the molecule is CNCC(OC)c1ccc2c(c1)OCO2. The van der Waals surface area contributed by atoms with Crippen LogP contribution < -0.4 is 14.8 Å². The van der Waals surface area contributed by atoms with Gasteiger partial charge in [0.15, 0.2) is 11.5 Å². The summed E-state index contributed by atoms with van der Waals surface area (Å²) >= 11 is 0. The molecule has 0 fully saturated rings. The van der Waals surface area contributed by atoms with Gasteiger partial charge >= 0.3 is 0 Å². The molecule has 1 aromatic carbocycles. The summed E-state index contributed by atoms with van der Waals surface area (Å²) in [6, 6.07) is 5.88. The lowest BCUT2D eigenvalue weighted by Gasteiger charge is -2.15. The van der Waals surface area contributed by atoms with Crippen LogP contribution in [0.25, 0.3) is 0 Å². The van der Waals surface area contributed by atoms with Crippen molar-refractivity contribution in [3.63, 3.8) is 0 Å². The molecule has 4 heteroatoms. The lowest BCUT2D eigenvalue weighted by molar-refractivity contribution is 0.104. The van der Waals surface area contributed by atoms with Crippen molar-refractivity contribution in [3.05, 3.63) is 23.8 Å². The van der Waals surface area contributed by atoms with E-state index >= 15 is 0 Å². The van der Waals surface area contributed by atoms with Crippen molar-refractivity contribution in [2.24, 2.45) is 0 Å². The molecule has 0 aliphatic carbocycles. The molecule has 1 atom stereocenters. The van der Waals surface area contributed by atoms with Gasteiger partial charge in [-0.3, -0.25) is 0 Å². The Morgan fingerprint density at radius 3 is 2.93 bits per heavy atom. The number of nitrogens with one attached hydrogen (secondary N) is 1. The predicted octanol–water partition coefficient (Wildman–Crippen LogP) is 1.32. The first kappa shape index (κ1) is 10.3. The second kappa shape index (κ2) is 4.51. The number of ether oxygens (including phenoxy) is 3. The van der Waals surface area contributed by atoms with E-state index in [0.717, 1.165) is 23.6 Å². The van der Waals surface area contributed by atoms with Gasteiger partial charge in [-0.15, -0.1) is 0 Å². The van der Waals surface area contributed by atoms with Crippen molar-refractivity contribution < 1.29 is 14.2 Å². The van der Waals surface area contributed by atoms with E-state index in [2.05, 4.69) is 5.32 Å². The van der Waals surface area contributed by atoms with E-state index in [1.165, 1.54) is 0 Å². The Morgan fingerprint density at radius 2 is 2.20 bits per heavy atom. The first-order chi connectivity index (χ1) is 7.35. The van der Waals surface area contributed by atoms with Crippen LogP contribution in [0.5, 0.6) is 11.5 Å². The topological polar surface area (TPSA) is 39.7 Å². The molecule has 0 amide bonds. The number of hydrogen-bond donors (Lipinski definition) is 1. The average Bonchev–Trinajstić information content (AvgIpc) is 2.72. The lowest BCUT2D eigenvalue weighted by Crippen LogP contribution is -2.18. The van der Waals surface area contributed by atoms with Gasteiger partial charge in [-0.1, -0.05) is 6.07 Å². The molecule has 1 aliphatic rings. The largest absolute Gasteiger partial charge is 0.454 e. The normalized spacial score (nSPS) is 15.3. The number of rotatable bonds is 4. The second-order valence-electron chi connectivity index (χ2n) is 3.39. The van der Waals surface area contributed by atoms with Gasteiger partial charge in [-0.25, -0.2) is 0 Å². The molecule has 0 aromatic heterocycles. The molecule has 82 valence electrons. The standard InChI is InChI=1S/C11H15NO3/c1-12-6-11(13-2)8-3-4-9-10(5-8)15-7-14-9/h3-5,11-12H,6-7H2,1-2H3. The zero-order valence-corrected chi connectivity index (χ0v) is 8.95. The molecule has 0 radical (unpaired) electrons. The maximum absolute atomic E-state index is 5.38. The molecule has 0 spiro atoms. The summed E-state index contributed by atoms with van der Waals surface area (Å²) in [5, 5.41) is 3.09. The zero-order chi connectivity index (χ0) is 10.7. The Labute approximate surface area is 89.1 Å². The second-order valence-corrected chi connectivity index (χ2v) is 3.39. The fourth-order valence-electron chi connectivity index (χ4n) is 1.64. The van der Waals surface area contributed by atoms with Crippen molar-refractivity contribution in [2.45, 2.75) is 6.10 Å². The number of fused-ring (bicyclic) bond motifs is 1. The summed E-state index contributed by atoms with van der Waals surface area (Å²) in [5.74, 6) is 1.60. The van der Waals surface area contributed by atoms with Crippen LogP contribution in [0.1, 0.15) is 11.7 Å². The first-order valence-corrected chi connectivity index (χ1v) is 4.92. The lowest BCUT2D eigenvalue weighted by atomic mass is 10.1. The summed E-state index contributed by atoms with van der Waals surface area (Å²) in [7, 11) is 3.60. The van der Waals surface area contributed by atoms with Crippen LogP contribution in [0, 0.1) is 0 Å².